The van der Waals surface area contributed by atoms with Crippen molar-refractivity contribution in [3.8, 4) is 44.5 Å². The van der Waals surface area contributed by atoms with Gasteiger partial charge in [0, 0.05) is 38.7 Å². The second kappa shape index (κ2) is 13.6. The smallest absolute Gasteiger partial charge is 0.0468 e. The average Bonchev–Trinajstić information content (AvgIpc) is 3.93. The highest BCUT2D eigenvalue weighted by molar-refractivity contribution is 6.07. The molecule has 0 saturated heterocycles. The Hall–Kier alpha value is -7.74. The molecule has 0 unspecified atom stereocenters. The molecular formula is C70H55N. The fraction of sp³-hybridized carbons (Fsp3) is 0.171. The lowest BCUT2D eigenvalue weighted by Gasteiger charge is -2.27. The van der Waals surface area contributed by atoms with Crippen LogP contribution in [0.1, 0.15) is 99.9 Å². The molecule has 15 rings (SSSR count). The van der Waals surface area contributed by atoms with Gasteiger partial charge in [-0.05, 0) is 217 Å². The highest BCUT2D eigenvalue weighted by atomic mass is 15.1. The summed E-state index contributed by atoms with van der Waals surface area (Å²) in [6.45, 7) is 19.4. The number of fused-ring (bicyclic) bond motifs is 18. The Bertz CT molecular complexity index is 3960. The number of anilines is 3. The van der Waals surface area contributed by atoms with E-state index in [0.717, 1.165) is 17.1 Å². The van der Waals surface area contributed by atoms with Crippen LogP contribution in [-0.4, -0.2) is 0 Å². The van der Waals surface area contributed by atoms with Crippen molar-refractivity contribution < 1.29 is 0 Å². The first kappa shape index (κ1) is 41.1. The predicted octanol–water partition coefficient (Wildman–Crippen LogP) is 19.0. The van der Waals surface area contributed by atoms with Crippen molar-refractivity contribution in [2.75, 3.05) is 4.90 Å². The highest BCUT2D eigenvalue weighted by Crippen LogP contribution is 2.62. The van der Waals surface area contributed by atoms with Gasteiger partial charge in [0.2, 0.25) is 0 Å². The Balaban J connectivity index is 0.865. The third-order valence-corrected chi connectivity index (χ3v) is 18.1. The van der Waals surface area contributed by atoms with Crippen LogP contribution >= 0.6 is 0 Å². The lowest BCUT2D eigenvalue weighted by molar-refractivity contribution is 0.651. The lowest BCUT2D eigenvalue weighted by atomic mass is 9.79. The van der Waals surface area contributed by atoms with E-state index in [4.69, 9.17) is 0 Å². The molecule has 0 spiro atoms. The normalized spacial score (nSPS) is 16.3. The van der Waals surface area contributed by atoms with Gasteiger partial charge >= 0.3 is 0 Å². The average molecular weight is 910 g/mol. The van der Waals surface area contributed by atoms with Crippen LogP contribution in [0.4, 0.5) is 17.1 Å². The van der Waals surface area contributed by atoms with E-state index in [0.29, 0.717) is 0 Å². The van der Waals surface area contributed by atoms with Gasteiger partial charge in [-0.1, -0.05) is 159 Å². The molecule has 1 heteroatoms. The number of nitrogens with zero attached hydrogens (tertiary/aromatic N) is 1. The molecule has 71 heavy (non-hydrogen) atoms. The third kappa shape index (κ3) is 5.31. The molecule has 4 aliphatic carbocycles. The molecule has 11 aromatic carbocycles. The summed E-state index contributed by atoms with van der Waals surface area (Å²) in [6, 6.07) is 72.4. The number of hydrogen-bond acceptors (Lipinski definition) is 1. The number of benzene rings is 11. The van der Waals surface area contributed by atoms with Crippen molar-refractivity contribution in [1.29, 1.82) is 0 Å². The van der Waals surface area contributed by atoms with Crippen molar-refractivity contribution in [3.63, 3.8) is 0 Å². The Morgan fingerprint density at radius 3 is 0.845 bits per heavy atom. The van der Waals surface area contributed by atoms with Gasteiger partial charge in [0.05, 0.1) is 0 Å². The van der Waals surface area contributed by atoms with E-state index in [1.54, 1.807) is 0 Å². The van der Waals surface area contributed by atoms with Gasteiger partial charge < -0.3 is 4.90 Å². The molecule has 0 heterocycles. The van der Waals surface area contributed by atoms with Crippen molar-refractivity contribution in [1.82, 2.24) is 0 Å². The minimum atomic E-state index is -0.160. The Labute approximate surface area is 417 Å². The van der Waals surface area contributed by atoms with Gasteiger partial charge in [-0.15, -0.1) is 0 Å². The second-order valence-corrected chi connectivity index (χ2v) is 23.3. The molecule has 4 aliphatic rings. The van der Waals surface area contributed by atoms with Gasteiger partial charge in [0.1, 0.15) is 0 Å². The van der Waals surface area contributed by atoms with Crippen LogP contribution in [0, 0.1) is 0 Å². The molecule has 0 N–H and O–H groups in total. The third-order valence-electron chi connectivity index (χ3n) is 18.1. The van der Waals surface area contributed by atoms with E-state index in [1.165, 1.54) is 132 Å². The van der Waals surface area contributed by atoms with Crippen LogP contribution < -0.4 is 4.90 Å². The molecule has 0 atom stereocenters. The monoisotopic (exact) mass is 909 g/mol. The Morgan fingerprint density at radius 2 is 0.507 bits per heavy atom. The van der Waals surface area contributed by atoms with Gasteiger partial charge in [0.15, 0.2) is 0 Å². The molecule has 0 bridgehead atoms. The summed E-state index contributed by atoms with van der Waals surface area (Å²) >= 11 is 0. The zero-order chi connectivity index (χ0) is 48.1. The molecule has 0 aliphatic heterocycles. The largest absolute Gasteiger partial charge is 0.310 e. The number of para-hydroxylation sites is 1. The van der Waals surface area contributed by atoms with Crippen LogP contribution in [0.25, 0.3) is 87.6 Å². The van der Waals surface area contributed by atoms with Crippen LogP contribution in [0.15, 0.2) is 188 Å². The van der Waals surface area contributed by atoms with E-state index in [9.17, 15) is 0 Å². The standard InChI is InChI=1S/C70H55N/c1-67(2)55-26-28-57-65(63(55)51-32-40-16-12-14-18-42(40)36-59(51)67)53-34-44-22-24-49(30-46(44)38-61(53)69(57,5)6)71(48-20-10-9-11-21-48)50-25-23-45-35-54-62(39-47(45)31-50)70(7,8)58-29-27-56-64(66(54)58)52-33-41-17-13-15-19-43(41)37-60(52)68(56,3)4/h9-39H,1-8H3. The minimum absolute atomic E-state index is 0.0896. The summed E-state index contributed by atoms with van der Waals surface area (Å²) in [4.78, 5) is 2.45. The number of hydrogen-bond donors (Lipinski definition) is 0. The molecule has 0 saturated carbocycles. The first-order valence-corrected chi connectivity index (χ1v) is 25.7. The second-order valence-electron chi connectivity index (χ2n) is 23.3. The van der Waals surface area contributed by atoms with Crippen LogP contribution in [0.3, 0.4) is 0 Å². The zero-order valence-electron chi connectivity index (χ0n) is 41.8. The summed E-state index contributed by atoms with van der Waals surface area (Å²) in [7, 11) is 0. The molecule has 0 fully saturated rings. The summed E-state index contributed by atoms with van der Waals surface area (Å²) in [5.74, 6) is 0. The molecule has 1 nitrogen and oxygen atoms in total. The topological polar surface area (TPSA) is 3.24 Å². The van der Waals surface area contributed by atoms with Crippen LogP contribution in [0.2, 0.25) is 0 Å². The van der Waals surface area contributed by atoms with Gasteiger partial charge in [-0.25, -0.2) is 0 Å². The van der Waals surface area contributed by atoms with Crippen LogP contribution in [-0.2, 0) is 21.7 Å². The van der Waals surface area contributed by atoms with E-state index < -0.39 is 0 Å². The summed E-state index contributed by atoms with van der Waals surface area (Å²) in [5, 5.41) is 10.3. The molecule has 11 aromatic rings. The first-order valence-electron chi connectivity index (χ1n) is 25.7. The van der Waals surface area contributed by atoms with Crippen molar-refractivity contribution in [3.05, 3.63) is 233 Å². The van der Waals surface area contributed by atoms with Crippen LogP contribution in [0.5, 0.6) is 0 Å². The molecule has 0 radical (unpaired) electrons. The summed E-state index contributed by atoms with van der Waals surface area (Å²) in [6.07, 6.45) is 0. The number of rotatable bonds is 3. The van der Waals surface area contributed by atoms with E-state index in [-0.39, 0.29) is 21.7 Å². The summed E-state index contributed by atoms with van der Waals surface area (Å²) < 4.78 is 0. The van der Waals surface area contributed by atoms with Crippen molar-refractivity contribution in [2.45, 2.75) is 77.0 Å². The minimum Gasteiger partial charge on any atom is -0.310 e. The predicted molar refractivity (Wildman–Crippen MR) is 301 cm³/mol. The Kier molecular flexibility index (Phi) is 7.85. The van der Waals surface area contributed by atoms with E-state index in [2.05, 4.69) is 248 Å². The van der Waals surface area contributed by atoms with E-state index in [1.807, 2.05) is 0 Å². The first-order chi connectivity index (χ1) is 34.2. The maximum atomic E-state index is 2.51. The fourth-order valence-electron chi connectivity index (χ4n) is 14.2. The lowest BCUT2D eigenvalue weighted by Crippen LogP contribution is -2.17. The van der Waals surface area contributed by atoms with Crippen molar-refractivity contribution in [2.24, 2.45) is 0 Å². The fourth-order valence-corrected chi connectivity index (χ4v) is 14.2. The van der Waals surface area contributed by atoms with Gasteiger partial charge in [-0.2, -0.15) is 0 Å². The zero-order valence-corrected chi connectivity index (χ0v) is 41.8. The van der Waals surface area contributed by atoms with Gasteiger partial charge in [-0.3, -0.25) is 0 Å². The maximum Gasteiger partial charge on any atom is 0.0468 e. The molecule has 0 aromatic heterocycles. The molecule has 340 valence electrons. The molecule has 0 amide bonds. The quantitative estimate of drug-likeness (QED) is 0.171. The van der Waals surface area contributed by atoms with Gasteiger partial charge in [0.25, 0.3) is 0 Å². The SMILES string of the molecule is CC1(C)c2cc3ccccc3cc2-c2c1ccc1c2-c2cc3ccc(N(c4ccccc4)c4ccc5cc6c(cc5c4)C(C)(C)c4ccc5c(c4-6)-c4cc6ccccc6cc4C5(C)C)cc3cc2C1(C)C. The maximum absolute atomic E-state index is 2.51. The molecular weight excluding hydrogens is 855 g/mol. The highest BCUT2D eigenvalue weighted by Gasteiger charge is 2.46. The summed E-state index contributed by atoms with van der Waals surface area (Å²) in [5.41, 5.74) is 25.5. The Morgan fingerprint density at radius 1 is 0.225 bits per heavy atom. The van der Waals surface area contributed by atoms with E-state index >= 15 is 0 Å². The van der Waals surface area contributed by atoms with Crippen molar-refractivity contribution >= 4 is 60.2 Å².